The fraction of sp³-hybridized carbons (Fsp3) is 0.182. The third kappa shape index (κ3) is 3.88. The lowest BCUT2D eigenvalue weighted by Crippen LogP contribution is -2.48. The van der Waals surface area contributed by atoms with Gasteiger partial charge >= 0.3 is 0 Å². The van der Waals surface area contributed by atoms with Crippen molar-refractivity contribution < 1.29 is 9.59 Å². The van der Waals surface area contributed by atoms with Crippen LogP contribution in [0.2, 0.25) is 10.0 Å². The molecule has 1 amide bonds. The van der Waals surface area contributed by atoms with Gasteiger partial charge in [0.05, 0.1) is 10.5 Å². The third-order valence-electron chi connectivity index (χ3n) is 5.11. The molecule has 30 heavy (non-hydrogen) atoms. The minimum atomic E-state index is -0.0902. The van der Waals surface area contributed by atoms with Crippen LogP contribution in [0.1, 0.15) is 10.6 Å². The zero-order chi connectivity index (χ0) is 21.3. The van der Waals surface area contributed by atoms with Gasteiger partial charge in [-0.2, -0.15) is 0 Å². The van der Waals surface area contributed by atoms with Crippen molar-refractivity contribution in [1.29, 1.82) is 0 Å². The van der Waals surface area contributed by atoms with Gasteiger partial charge in [0.15, 0.2) is 12.1 Å². The Morgan fingerprint density at radius 2 is 1.73 bits per heavy atom. The minimum Gasteiger partial charge on any atom is -0.352 e. The molecule has 1 aliphatic heterocycles. The van der Waals surface area contributed by atoms with Crippen LogP contribution in [0.5, 0.6) is 0 Å². The second-order valence-corrected chi connectivity index (χ2v) is 7.74. The van der Waals surface area contributed by atoms with Crippen LogP contribution in [0.25, 0.3) is 22.0 Å². The van der Waals surface area contributed by atoms with Crippen molar-refractivity contribution in [2.45, 2.75) is 0 Å². The number of hydrogen-bond donors (Lipinski definition) is 0. The number of hydrogen-bond acceptors (Lipinski definition) is 5. The lowest BCUT2D eigenvalue weighted by Gasteiger charge is -2.35. The quantitative estimate of drug-likeness (QED) is 0.448. The van der Waals surface area contributed by atoms with Gasteiger partial charge in [0.1, 0.15) is 5.82 Å². The Kier molecular flexibility index (Phi) is 5.70. The summed E-state index contributed by atoms with van der Waals surface area (Å²) in [6.07, 6.45) is 1.95. The van der Waals surface area contributed by atoms with Crippen molar-refractivity contribution in [1.82, 2.24) is 14.9 Å². The van der Waals surface area contributed by atoms with Gasteiger partial charge in [-0.05, 0) is 35.9 Å². The van der Waals surface area contributed by atoms with Crippen molar-refractivity contribution in [3.63, 3.8) is 0 Å². The van der Waals surface area contributed by atoms with Crippen LogP contribution in [0.3, 0.4) is 0 Å². The van der Waals surface area contributed by atoms with E-state index in [0.29, 0.717) is 53.8 Å². The number of rotatable bonds is 4. The molecule has 0 radical (unpaired) electrons. The number of aldehydes is 1. The van der Waals surface area contributed by atoms with Crippen molar-refractivity contribution in [3.05, 3.63) is 64.9 Å². The van der Waals surface area contributed by atoms with E-state index >= 15 is 0 Å². The van der Waals surface area contributed by atoms with Crippen molar-refractivity contribution in [2.24, 2.45) is 0 Å². The molecule has 8 heteroatoms. The van der Waals surface area contributed by atoms with Gasteiger partial charge in [0, 0.05) is 42.2 Å². The van der Waals surface area contributed by atoms with E-state index in [1.54, 1.807) is 23.1 Å². The summed E-state index contributed by atoms with van der Waals surface area (Å²) in [7, 11) is 0. The lowest BCUT2D eigenvalue weighted by atomic mass is 10.0. The molecule has 4 rings (SSSR count). The first-order chi connectivity index (χ1) is 14.5. The highest BCUT2D eigenvalue weighted by Gasteiger charge is 2.23. The van der Waals surface area contributed by atoms with Gasteiger partial charge in [0.2, 0.25) is 5.91 Å². The molecule has 2 heterocycles. The van der Waals surface area contributed by atoms with E-state index in [4.69, 9.17) is 23.2 Å². The van der Waals surface area contributed by atoms with E-state index < -0.39 is 0 Å². The Balaban J connectivity index is 1.79. The molecule has 1 aromatic heterocycles. The van der Waals surface area contributed by atoms with Crippen molar-refractivity contribution in [3.8, 4) is 11.1 Å². The molecule has 152 valence electrons. The first-order valence-corrected chi connectivity index (χ1v) is 10.1. The molecule has 2 aromatic carbocycles. The average molecular weight is 441 g/mol. The molecule has 1 aliphatic rings. The summed E-state index contributed by atoms with van der Waals surface area (Å²) in [5.74, 6) is 0.657. The normalized spacial score (nSPS) is 14.1. The summed E-state index contributed by atoms with van der Waals surface area (Å²) in [6.45, 7) is 5.81. The molecule has 0 saturated carbocycles. The summed E-state index contributed by atoms with van der Waals surface area (Å²) in [4.78, 5) is 35.9. The van der Waals surface area contributed by atoms with Gasteiger partial charge in [-0.25, -0.2) is 9.97 Å². The van der Waals surface area contributed by atoms with E-state index in [-0.39, 0.29) is 11.7 Å². The second-order valence-electron chi connectivity index (χ2n) is 6.90. The number of piperazine rings is 1. The van der Waals surface area contributed by atoms with E-state index in [1.807, 2.05) is 18.2 Å². The molecular formula is C22H18Cl2N4O2. The van der Waals surface area contributed by atoms with E-state index in [2.05, 4.69) is 21.4 Å². The number of carbonyl (C=O) groups is 2. The summed E-state index contributed by atoms with van der Waals surface area (Å²) in [5.41, 5.74) is 2.33. The van der Waals surface area contributed by atoms with Gasteiger partial charge in [0.25, 0.3) is 0 Å². The molecule has 0 spiro atoms. The summed E-state index contributed by atoms with van der Waals surface area (Å²) in [6, 6.07) is 11.1. The number of carbonyl (C=O) groups excluding carboxylic acids is 2. The fourth-order valence-corrected chi connectivity index (χ4v) is 3.96. The molecule has 0 aliphatic carbocycles. The van der Waals surface area contributed by atoms with Crippen LogP contribution < -0.4 is 4.90 Å². The lowest BCUT2D eigenvalue weighted by molar-refractivity contribution is -0.126. The standard InChI is InChI=1S/C22H18Cl2N4O2/c1-2-21(30)27-7-9-28(10-8-27)22-17-11-16(14-3-5-15(23)6-4-14)18(24)12-19(17)25-20(13-29)26-22/h2-6,11-13H,1,7-10H2. The van der Waals surface area contributed by atoms with Gasteiger partial charge in [-0.15, -0.1) is 0 Å². The number of fused-ring (bicyclic) bond motifs is 1. The molecular weight excluding hydrogens is 423 g/mol. The van der Waals surface area contributed by atoms with Crippen LogP contribution >= 0.6 is 23.2 Å². The smallest absolute Gasteiger partial charge is 0.246 e. The largest absolute Gasteiger partial charge is 0.352 e. The Bertz CT molecular complexity index is 1140. The second kappa shape index (κ2) is 8.42. The van der Waals surface area contributed by atoms with Crippen molar-refractivity contribution >= 4 is 52.1 Å². The van der Waals surface area contributed by atoms with E-state index in [9.17, 15) is 9.59 Å². The summed E-state index contributed by atoms with van der Waals surface area (Å²) < 4.78 is 0. The van der Waals surface area contributed by atoms with Gasteiger partial charge < -0.3 is 9.80 Å². The SMILES string of the molecule is C=CC(=O)N1CCN(c2nc(C=O)nc3cc(Cl)c(-c4ccc(Cl)cc4)cc23)CC1. The van der Waals surface area contributed by atoms with Crippen LogP contribution in [0.15, 0.2) is 49.1 Å². The number of nitrogens with zero attached hydrogens (tertiary/aromatic N) is 4. The molecule has 0 bridgehead atoms. The number of halogens is 2. The number of aromatic nitrogens is 2. The topological polar surface area (TPSA) is 66.4 Å². The highest BCUT2D eigenvalue weighted by Crippen LogP contribution is 2.35. The molecule has 3 aromatic rings. The summed E-state index contributed by atoms with van der Waals surface area (Å²) in [5, 5.41) is 1.95. The van der Waals surface area contributed by atoms with Gasteiger partial charge in [-0.3, -0.25) is 9.59 Å². The number of amides is 1. The molecule has 6 nitrogen and oxygen atoms in total. The third-order valence-corrected chi connectivity index (χ3v) is 5.67. The number of anilines is 1. The molecule has 0 unspecified atom stereocenters. The summed E-state index contributed by atoms with van der Waals surface area (Å²) >= 11 is 12.5. The zero-order valence-electron chi connectivity index (χ0n) is 16.0. The highest BCUT2D eigenvalue weighted by atomic mass is 35.5. The fourth-order valence-electron chi connectivity index (χ4n) is 3.56. The first-order valence-electron chi connectivity index (χ1n) is 9.39. The molecule has 1 fully saturated rings. The maximum absolute atomic E-state index is 11.9. The Labute approximate surface area is 183 Å². The Morgan fingerprint density at radius 1 is 1.03 bits per heavy atom. The van der Waals surface area contributed by atoms with E-state index in [1.165, 1.54) is 6.08 Å². The average Bonchev–Trinajstić information content (AvgIpc) is 2.78. The van der Waals surface area contributed by atoms with Gasteiger partial charge in [-0.1, -0.05) is 41.9 Å². The van der Waals surface area contributed by atoms with Crippen LogP contribution in [0.4, 0.5) is 5.82 Å². The maximum atomic E-state index is 11.9. The molecule has 1 saturated heterocycles. The molecule has 0 N–H and O–H groups in total. The Hall–Kier alpha value is -2.96. The maximum Gasteiger partial charge on any atom is 0.246 e. The predicted octanol–water partition coefficient (Wildman–Crippen LogP) is 4.25. The number of benzene rings is 2. The monoisotopic (exact) mass is 440 g/mol. The van der Waals surface area contributed by atoms with Crippen LogP contribution in [0, 0.1) is 0 Å². The Morgan fingerprint density at radius 3 is 2.37 bits per heavy atom. The van der Waals surface area contributed by atoms with Crippen molar-refractivity contribution in [2.75, 3.05) is 31.1 Å². The molecule has 0 atom stereocenters. The van der Waals surface area contributed by atoms with E-state index in [0.717, 1.165) is 16.5 Å². The van der Waals surface area contributed by atoms with Crippen LogP contribution in [-0.4, -0.2) is 53.2 Å². The van der Waals surface area contributed by atoms with Crippen LogP contribution in [-0.2, 0) is 4.79 Å². The highest BCUT2D eigenvalue weighted by molar-refractivity contribution is 6.34. The predicted molar refractivity (Wildman–Crippen MR) is 119 cm³/mol. The zero-order valence-corrected chi connectivity index (χ0v) is 17.5. The minimum absolute atomic E-state index is 0.0902. The first kappa shape index (κ1) is 20.3.